The molecule has 6 heteroatoms. The molecule has 0 bridgehead atoms. The zero-order valence-electron chi connectivity index (χ0n) is 8.47. The van der Waals surface area contributed by atoms with Crippen molar-refractivity contribution in [3.63, 3.8) is 0 Å². The van der Waals surface area contributed by atoms with Crippen LogP contribution in [0.1, 0.15) is 0 Å². The molecule has 1 N–H and O–H groups in total. The van der Waals surface area contributed by atoms with Gasteiger partial charge in [0, 0.05) is 36.2 Å². The number of nitro benzene ring substituents is 1. The van der Waals surface area contributed by atoms with Crippen molar-refractivity contribution in [3.05, 3.63) is 32.8 Å². The highest BCUT2D eigenvalue weighted by Gasteiger charge is 2.30. The summed E-state index contributed by atoms with van der Waals surface area (Å²) in [5.74, 6) is 0.235. The van der Waals surface area contributed by atoms with E-state index < -0.39 is 0 Å². The van der Waals surface area contributed by atoms with Crippen LogP contribution in [-0.4, -0.2) is 29.7 Å². The van der Waals surface area contributed by atoms with Gasteiger partial charge in [0.15, 0.2) is 0 Å². The summed E-state index contributed by atoms with van der Waals surface area (Å²) in [4.78, 5) is 12.4. The number of hydrogen-bond donors (Lipinski definition) is 1. The summed E-state index contributed by atoms with van der Waals surface area (Å²) in [5.41, 5.74) is 0.726. The Morgan fingerprint density at radius 2 is 2.25 bits per heavy atom. The number of nitrogens with zero attached hydrogens (tertiary/aromatic N) is 2. The van der Waals surface area contributed by atoms with Crippen molar-refractivity contribution in [2.75, 3.05) is 24.6 Å². The van der Waals surface area contributed by atoms with Gasteiger partial charge in [0.2, 0.25) is 0 Å². The first-order valence-corrected chi connectivity index (χ1v) is 5.71. The molecule has 0 amide bonds. The molecule has 1 aliphatic rings. The molecule has 1 aromatic rings. The minimum Gasteiger partial charge on any atom is -0.396 e. The van der Waals surface area contributed by atoms with Gasteiger partial charge in [-0.1, -0.05) is 15.9 Å². The maximum Gasteiger partial charge on any atom is 0.292 e. The molecule has 0 radical (unpaired) electrons. The van der Waals surface area contributed by atoms with E-state index in [1.165, 1.54) is 6.07 Å². The van der Waals surface area contributed by atoms with Crippen molar-refractivity contribution in [1.82, 2.24) is 0 Å². The van der Waals surface area contributed by atoms with Gasteiger partial charge in [-0.25, -0.2) is 0 Å². The lowest BCUT2D eigenvalue weighted by molar-refractivity contribution is -0.384. The normalized spacial score (nSPS) is 16.0. The first-order valence-electron chi connectivity index (χ1n) is 4.91. The van der Waals surface area contributed by atoms with Gasteiger partial charge < -0.3 is 10.0 Å². The van der Waals surface area contributed by atoms with Gasteiger partial charge >= 0.3 is 0 Å². The van der Waals surface area contributed by atoms with Crippen molar-refractivity contribution < 1.29 is 10.0 Å². The average Bonchev–Trinajstić information content (AvgIpc) is 2.15. The predicted molar refractivity (Wildman–Crippen MR) is 63.6 cm³/mol. The second kappa shape index (κ2) is 4.39. The summed E-state index contributed by atoms with van der Waals surface area (Å²) < 4.78 is 0.820. The van der Waals surface area contributed by atoms with E-state index in [0.717, 1.165) is 4.47 Å². The van der Waals surface area contributed by atoms with Crippen LogP contribution >= 0.6 is 15.9 Å². The number of halogens is 1. The smallest absolute Gasteiger partial charge is 0.292 e. The molecule has 1 aromatic carbocycles. The van der Waals surface area contributed by atoms with Crippen LogP contribution in [0.15, 0.2) is 22.7 Å². The van der Waals surface area contributed by atoms with Gasteiger partial charge in [-0.05, 0) is 12.1 Å². The maximum absolute atomic E-state index is 10.8. The van der Waals surface area contributed by atoms with Gasteiger partial charge in [-0.2, -0.15) is 0 Å². The minimum atomic E-state index is -0.381. The quantitative estimate of drug-likeness (QED) is 0.680. The predicted octanol–water partition coefficient (Wildman–Crippen LogP) is 1.79. The largest absolute Gasteiger partial charge is 0.396 e. The fourth-order valence-corrected chi connectivity index (χ4v) is 2.14. The fourth-order valence-electron chi connectivity index (χ4n) is 1.79. The Morgan fingerprint density at radius 3 is 2.81 bits per heavy atom. The lowest BCUT2D eigenvalue weighted by Gasteiger charge is -2.39. The Labute approximate surface area is 101 Å². The van der Waals surface area contributed by atoms with Gasteiger partial charge in [0.25, 0.3) is 5.69 Å². The van der Waals surface area contributed by atoms with Crippen molar-refractivity contribution in [1.29, 1.82) is 0 Å². The average molecular weight is 287 g/mol. The SMILES string of the molecule is O=[N+]([O-])c1ccc(Br)cc1N1CC(CO)C1. The van der Waals surface area contributed by atoms with Crippen LogP contribution in [0.25, 0.3) is 0 Å². The number of rotatable bonds is 3. The first kappa shape index (κ1) is 11.3. The molecule has 1 fully saturated rings. The van der Waals surface area contributed by atoms with E-state index in [0.29, 0.717) is 18.8 Å². The monoisotopic (exact) mass is 286 g/mol. The van der Waals surface area contributed by atoms with Crippen LogP contribution < -0.4 is 4.90 Å². The Bertz CT molecular complexity index is 419. The van der Waals surface area contributed by atoms with Crippen LogP contribution in [0.4, 0.5) is 11.4 Å². The molecule has 0 aliphatic carbocycles. The Hall–Kier alpha value is -1.14. The Morgan fingerprint density at radius 1 is 1.56 bits per heavy atom. The first-order chi connectivity index (χ1) is 7.61. The summed E-state index contributed by atoms with van der Waals surface area (Å²) in [5, 5.41) is 19.8. The molecule has 0 saturated carbocycles. The summed E-state index contributed by atoms with van der Waals surface area (Å²) in [6.07, 6.45) is 0. The minimum absolute atomic E-state index is 0.111. The molecule has 5 nitrogen and oxygen atoms in total. The number of aliphatic hydroxyl groups excluding tert-OH is 1. The number of aliphatic hydroxyl groups is 1. The van der Waals surface area contributed by atoms with Crippen molar-refractivity contribution in [2.24, 2.45) is 5.92 Å². The molecule has 2 rings (SSSR count). The molecule has 16 heavy (non-hydrogen) atoms. The zero-order valence-corrected chi connectivity index (χ0v) is 10.1. The molecule has 1 heterocycles. The Balaban J connectivity index is 2.25. The van der Waals surface area contributed by atoms with E-state index in [1.54, 1.807) is 12.1 Å². The van der Waals surface area contributed by atoms with E-state index in [9.17, 15) is 10.1 Å². The molecule has 0 aromatic heterocycles. The second-order valence-corrected chi connectivity index (χ2v) is 4.76. The van der Waals surface area contributed by atoms with E-state index in [2.05, 4.69) is 15.9 Å². The van der Waals surface area contributed by atoms with Crippen LogP contribution in [0.2, 0.25) is 0 Å². The molecule has 86 valence electrons. The van der Waals surface area contributed by atoms with E-state index in [4.69, 9.17) is 5.11 Å². The highest BCUT2D eigenvalue weighted by molar-refractivity contribution is 9.10. The zero-order chi connectivity index (χ0) is 11.7. The Kier molecular flexibility index (Phi) is 3.11. The van der Waals surface area contributed by atoms with Crippen molar-refractivity contribution >= 4 is 27.3 Å². The summed E-state index contributed by atoms with van der Waals surface area (Å²) in [6, 6.07) is 4.89. The third kappa shape index (κ3) is 2.03. The topological polar surface area (TPSA) is 66.6 Å². The maximum atomic E-state index is 10.8. The van der Waals surface area contributed by atoms with Gasteiger partial charge in [-0.3, -0.25) is 10.1 Å². The van der Waals surface area contributed by atoms with Crippen molar-refractivity contribution in [3.8, 4) is 0 Å². The van der Waals surface area contributed by atoms with Crippen molar-refractivity contribution in [2.45, 2.75) is 0 Å². The highest BCUT2D eigenvalue weighted by atomic mass is 79.9. The molecule has 0 unspecified atom stereocenters. The second-order valence-electron chi connectivity index (χ2n) is 3.84. The van der Waals surface area contributed by atoms with Crippen LogP contribution in [-0.2, 0) is 0 Å². The molecule has 0 atom stereocenters. The van der Waals surface area contributed by atoms with E-state index in [-0.39, 0.29) is 23.1 Å². The van der Waals surface area contributed by atoms with E-state index in [1.807, 2.05) is 4.90 Å². The molecule has 1 aliphatic heterocycles. The molecule has 0 spiro atoms. The number of hydrogen-bond acceptors (Lipinski definition) is 4. The van der Waals surface area contributed by atoms with Crippen LogP contribution in [0.3, 0.4) is 0 Å². The number of anilines is 1. The fraction of sp³-hybridized carbons (Fsp3) is 0.400. The summed E-state index contributed by atoms with van der Waals surface area (Å²) in [7, 11) is 0. The lowest BCUT2D eigenvalue weighted by atomic mass is 10.00. The van der Waals surface area contributed by atoms with Gasteiger partial charge in [0.1, 0.15) is 5.69 Å². The third-order valence-corrected chi connectivity index (χ3v) is 3.18. The summed E-state index contributed by atoms with van der Waals surface area (Å²) in [6.45, 7) is 1.49. The standard InChI is InChI=1S/C10H11BrN2O3/c11-8-1-2-9(13(15)16)10(3-8)12-4-7(5-12)6-14/h1-3,7,14H,4-6H2. The number of nitro groups is 1. The molecule has 1 saturated heterocycles. The van der Waals surface area contributed by atoms with Gasteiger partial charge in [-0.15, -0.1) is 0 Å². The highest BCUT2D eigenvalue weighted by Crippen LogP contribution is 2.35. The van der Waals surface area contributed by atoms with Gasteiger partial charge in [0.05, 0.1) is 4.92 Å². The third-order valence-electron chi connectivity index (χ3n) is 2.69. The van der Waals surface area contributed by atoms with E-state index >= 15 is 0 Å². The molecular formula is C10H11BrN2O3. The molecular weight excluding hydrogens is 276 g/mol. The number of benzene rings is 1. The lowest BCUT2D eigenvalue weighted by Crippen LogP contribution is -2.48. The van der Waals surface area contributed by atoms with Crippen LogP contribution in [0.5, 0.6) is 0 Å². The van der Waals surface area contributed by atoms with Crippen LogP contribution in [0, 0.1) is 16.0 Å². The summed E-state index contributed by atoms with van der Waals surface area (Å²) >= 11 is 3.30.